The van der Waals surface area contributed by atoms with Crippen LogP contribution < -0.4 is 5.32 Å². The van der Waals surface area contributed by atoms with Crippen LogP contribution in [0, 0.1) is 10.1 Å². The summed E-state index contributed by atoms with van der Waals surface area (Å²) in [4.78, 5) is 22.1. The highest BCUT2D eigenvalue weighted by Crippen LogP contribution is 2.34. The quantitative estimate of drug-likeness (QED) is 0.657. The zero-order chi connectivity index (χ0) is 18.8. The molecule has 0 spiro atoms. The minimum absolute atomic E-state index is 0.0412. The van der Waals surface area contributed by atoms with Gasteiger partial charge in [0.25, 0.3) is 11.6 Å². The fourth-order valence-electron chi connectivity index (χ4n) is 2.10. The lowest BCUT2D eigenvalue weighted by Crippen LogP contribution is -2.33. The number of hydrogen-bond donors (Lipinski definition) is 1. The summed E-state index contributed by atoms with van der Waals surface area (Å²) in [5.41, 5.74) is -2.15. The smallest absolute Gasteiger partial charge is 0.349 e. The zero-order valence-electron chi connectivity index (χ0n) is 13.4. The molecule has 0 radical (unpaired) electrons. The first-order valence-electron chi connectivity index (χ1n) is 7.36. The fraction of sp³-hybridized carbons (Fsp3) is 0.333. The van der Waals surface area contributed by atoms with Gasteiger partial charge in [0.15, 0.2) is 5.69 Å². The number of nitrogens with zero attached hydrogens (tertiary/aromatic N) is 3. The van der Waals surface area contributed by atoms with Crippen LogP contribution in [0.1, 0.15) is 36.3 Å². The molecule has 2 aromatic rings. The molecule has 2 rings (SSSR count). The van der Waals surface area contributed by atoms with Gasteiger partial charge in [0.2, 0.25) is 0 Å². The molecule has 1 aromatic carbocycles. The number of amides is 1. The molecule has 1 heterocycles. The maximum atomic E-state index is 13.5. The monoisotopic (exact) mass is 356 g/mol. The number of nitrogens with one attached hydrogen (secondary N) is 1. The number of benzene rings is 1. The predicted octanol–water partition coefficient (Wildman–Crippen LogP) is 3.33. The summed E-state index contributed by atoms with van der Waals surface area (Å²) in [6.07, 6.45) is -3.44. The van der Waals surface area contributed by atoms with Gasteiger partial charge in [-0.3, -0.25) is 14.9 Å². The summed E-state index contributed by atoms with van der Waals surface area (Å²) >= 11 is 0. The number of non-ortho nitro benzene ring substituents is 1. The molecule has 1 aromatic heterocycles. The van der Waals surface area contributed by atoms with Crippen LogP contribution in [0.5, 0.6) is 0 Å². The van der Waals surface area contributed by atoms with E-state index in [2.05, 4.69) is 10.4 Å². The molecule has 0 unspecified atom stereocenters. The number of alkyl halides is 3. The van der Waals surface area contributed by atoms with E-state index in [0.29, 0.717) is 11.1 Å². The van der Waals surface area contributed by atoms with Crippen LogP contribution in [0.2, 0.25) is 0 Å². The molecule has 25 heavy (non-hydrogen) atoms. The Morgan fingerprint density at radius 1 is 1.36 bits per heavy atom. The van der Waals surface area contributed by atoms with E-state index in [0.717, 1.165) is 30.5 Å². The van der Waals surface area contributed by atoms with E-state index in [-0.39, 0.29) is 17.4 Å². The fourth-order valence-corrected chi connectivity index (χ4v) is 2.10. The first kappa shape index (κ1) is 18.4. The SMILES string of the molecule is CC[C@@H](C)NC(=O)c1cnn(-c2ccc([N+](=O)[O-])cc2)c1C(F)(F)F. The lowest BCUT2D eigenvalue weighted by molar-refractivity contribution is -0.384. The third kappa shape index (κ3) is 3.95. The highest BCUT2D eigenvalue weighted by molar-refractivity contribution is 5.95. The maximum Gasteiger partial charge on any atom is 0.434 e. The number of rotatable bonds is 5. The van der Waals surface area contributed by atoms with Crippen LogP contribution in [0.15, 0.2) is 30.5 Å². The number of nitro groups is 1. The standard InChI is InChI=1S/C15H15F3N4O3/c1-3-9(2)20-14(23)12-8-19-21(13(12)15(16,17)18)10-4-6-11(7-5-10)22(24)25/h4-9H,3H2,1-2H3,(H,20,23)/t9-/m1/s1. The highest BCUT2D eigenvalue weighted by atomic mass is 19.4. The van der Waals surface area contributed by atoms with Crippen molar-refractivity contribution in [2.45, 2.75) is 32.5 Å². The van der Waals surface area contributed by atoms with Crippen LogP contribution in [-0.2, 0) is 6.18 Å². The molecule has 0 fully saturated rings. The third-order valence-corrected chi connectivity index (χ3v) is 3.58. The average Bonchev–Trinajstić information content (AvgIpc) is 3.00. The van der Waals surface area contributed by atoms with E-state index in [9.17, 15) is 28.1 Å². The minimum Gasteiger partial charge on any atom is -0.349 e. The molecule has 7 nitrogen and oxygen atoms in total. The molecule has 0 saturated heterocycles. The second kappa shape index (κ2) is 6.91. The first-order chi connectivity index (χ1) is 11.6. The topological polar surface area (TPSA) is 90.1 Å². The molecule has 1 atom stereocenters. The van der Waals surface area contributed by atoms with Gasteiger partial charge in [-0.2, -0.15) is 18.3 Å². The van der Waals surface area contributed by atoms with E-state index < -0.39 is 28.3 Å². The van der Waals surface area contributed by atoms with E-state index in [1.807, 2.05) is 0 Å². The summed E-state index contributed by atoms with van der Waals surface area (Å²) in [6.45, 7) is 3.46. The van der Waals surface area contributed by atoms with Crippen LogP contribution >= 0.6 is 0 Å². The van der Waals surface area contributed by atoms with Crippen molar-refractivity contribution in [3.63, 3.8) is 0 Å². The maximum absolute atomic E-state index is 13.5. The Kier molecular flexibility index (Phi) is 5.10. The molecule has 1 amide bonds. The Hall–Kier alpha value is -2.91. The van der Waals surface area contributed by atoms with Crippen molar-refractivity contribution in [1.82, 2.24) is 15.1 Å². The van der Waals surface area contributed by atoms with Crippen molar-refractivity contribution in [1.29, 1.82) is 0 Å². The predicted molar refractivity (Wildman–Crippen MR) is 82.4 cm³/mol. The third-order valence-electron chi connectivity index (χ3n) is 3.58. The molecule has 0 aliphatic heterocycles. The van der Waals surface area contributed by atoms with Crippen LogP contribution in [-0.4, -0.2) is 26.7 Å². The van der Waals surface area contributed by atoms with E-state index in [4.69, 9.17) is 0 Å². The summed E-state index contributed by atoms with van der Waals surface area (Å²) in [6, 6.07) is 4.11. The van der Waals surface area contributed by atoms with Crippen LogP contribution in [0.4, 0.5) is 18.9 Å². The van der Waals surface area contributed by atoms with E-state index >= 15 is 0 Å². The number of aromatic nitrogens is 2. The molecule has 0 aliphatic rings. The number of nitro benzene ring substituents is 1. The van der Waals surface area contributed by atoms with Gasteiger partial charge in [-0.05, 0) is 25.5 Å². The molecule has 0 bridgehead atoms. The van der Waals surface area contributed by atoms with Gasteiger partial charge in [0.1, 0.15) is 0 Å². The molecule has 0 saturated carbocycles. The Balaban J connectivity index is 2.49. The zero-order valence-corrected chi connectivity index (χ0v) is 13.4. The number of halogens is 3. The number of hydrogen-bond acceptors (Lipinski definition) is 4. The summed E-state index contributed by atoms with van der Waals surface area (Å²) in [5, 5.41) is 16.8. The van der Waals surface area contributed by atoms with Gasteiger partial charge in [-0.1, -0.05) is 6.92 Å². The minimum atomic E-state index is -4.83. The molecule has 0 aliphatic carbocycles. The summed E-state index contributed by atoms with van der Waals surface area (Å²) in [5.74, 6) is -0.880. The largest absolute Gasteiger partial charge is 0.434 e. The lowest BCUT2D eigenvalue weighted by atomic mass is 10.2. The number of carbonyl (C=O) groups excluding carboxylic acids is 1. The van der Waals surface area contributed by atoms with Crippen molar-refractivity contribution in [3.8, 4) is 5.69 Å². The Morgan fingerprint density at radius 3 is 2.44 bits per heavy atom. The molecule has 134 valence electrons. The Bertz CT molecular complexity index is 784. The molecule has 1 N–H and O–H groups in total. The molecular weight excluding hydrogens is 341 g/mol. The second-order valence-electron chi connectivity index (χ2n) is 5.37. The second-order valence-corrected chi connectivity index (χ2v) is 5.37. The molecule has 10 heteroatoms. The van der Waals surface area contributed by atoms with Crippen LogP contribution in [0.25, 0.3) is 5.69 Å². The average molecular weight is 356 g/mol. The van der Waals surface area contributed by atoms with Gasteiger partial charge in [0, 0.05) is 18.2 Å². The summed E-state index contributed by atoms with van der Waals surface area (Å²) in [7, 11) is 0. The normalized spacial score (nSPS) is 12.7. The lowest BCUT2D eigenvalue weighted by Gasteiger charge is -2.14. The van der Waals surface area contributed by atoms with Crippen molar-refractivity contribution in [2.24, 2.45) is 0 Å². The highest BCUT2D eigenvalue weighted by Gasteiger charge is 2.40. The van der Waals surface area contributed by atoms with Gasteiger partial charge < -0.3 is 5.32 Å². The van der Waals surface area contributed by atoms with Crippen molar-refractivity contribution in [3.05, 3.63) is 51.8 Å². The Morgan fingerprint density at radius 2 is 1.96 bits per heavy atom. The van der Waals surface area contributed by atoms with Crippen LogP contribution in [0.3, 0.4) is 0 Å². The van der Waals surface area contributed by atoms with E-state index in [1.54, 1.807) is 13.8 Å². The Labute approximate surface area is 140 Å². The van der Waals surface area contributed by atoms with Gasteiger partial charge in [-0.25, -0.2) is 4.68 Å². The number of carbonyl (C=O) groups is 1. The van der Waals surface area contributed by atoms with Crippen molar-refractivity contribution in [2.75, 3.05) is 0 Å². The summed E-state index contributed by atoms with van der Waals surface area (Å²) < 4.78 is 40.9. The van der Waals surface area contributed by atoms with Gasteiger partial charge >= 0.3 is 6.18 Å². The van der Waals surface area contributed by atoms with E-state index in [1.165, 1.54) is 0 Å². The van der Waals surface area contributed by atoms with Crippen molar-refractivity contribution < 1.29 is 22.9 Å². The van der Waals surface area contributed by atoms with Gasteiger partial charge in [-0.15, -0.1) is 0 Å². The van der Waals surface area contributed by atoms with Gasteiger partial charge in [0.05, 0.1) is 22.4 Å². The molecular formula is C15H15F3N4O3. The first-order valence-corrected chi connectivity index (χ1v) is 7.36. The van der Waals surface area contributed by atoms with Crippen molar-refractivity contribution >= 4 is 11.6 Å².